The molecule has 1 aliphatic carbocycles. The van der Waals surface area contributed by atoms with Crippen LogP contribution in [0.2, 0.25) is 0 Å². The van der Waals surface area contributed by atoms with E-state index in [0.717, 1.165) is 0 Å². The Labute approximate surface area is 162 Å². The highest BCUT2D eigenvalue weighted by Crippen LogP contribution is 2.35. The maximum atomic E-state index is 12.8. The second-order valence-corrected chi connectivity index (χ2v) is 6.67. The van der Waals surface area contributed by atoms with Gasteiger partial charge in [0, 0.05) is 32.6 Å². The van der Waals surface area contributed by atoms with E-state index in [-0.39, 0.29) is 29.3 Å². The number of methoxy groups -OCH3 is 3. The molecule has 1 N–H and O–H groups in total. The van der Waals surface area contributed by atoms with E-state index in [1.54, 1.807) is 7.11 Å². The van der Waals surface area contributed by atoms with Gasteiger partial charge >= 0.3 is 0 Å². The molecule has 0 spiro atoms. The number of ether oxygens (including phenoxy) is 3. The van der Waals surface area contributed by atoms with E-state index in [9.17, 15) is 14.9 Å². The van der Waals surface area contributed by atoms with Crippen LogP contribution in [-0.2, 0) is 17.6 Å². The zero-order valence-electron chi connectivity index (χ0n) is 16.0. The van der Waals surface area contributed by atoms with Crippen molar-refractivity contribution in [2.75, 3.05) is 27.9 Å². The minimum absolute atomic E-state index is 0.0931. The molecule has 148 valence electrons. The SMILES string of the molecule is COc1cc(C(=O)NCC2(OC)Cc3ccccc3C2)c([N+](=O)[O-])cc1OC. The molecule has 28 heavy (non-hydrogen) atoms. The molecule has 8 heteroatoms. The van der Waals surface area contributed by atoms with Gasteiger partial charge in [0.1, 0.15) is 5.56 Å². The van der Waals surface area contributed by atoms with E-state index in [1.165, 1.54) is 37.5 Å². The van der Waals surface area contributed by atoms with Crippen LogP contribution < -0.4 is 14.8 Å². The summed E-state index contributed by atoms with van der Waals surface area (Å²) in [5.41, 5.74) is 1.33. The van der Waals surface area contributed by atoms with Crippen molar-refractivity contribution in [1.82, 2.24) is 5.32 Å². The van der Waals surface area contributed by atoms with Crippen molar-refractivity contribution in [3.8, 4) is 11.5 Å². The molecule has 0 aromatic heterocycles. The average Bonchev–Trinajstić information content (AvgIpc) is 3.10. The summed E-state index contributed by atoms with van der Waals surface area (Å²) in [5.74, 6) is -0.140. The number of hydrogen-bond donors (Lipinski definition) is 1. The Kier molecular flexibility index (Phi) is 5.51. The fraction of sp³-hybridized carbons (Fsp3) is 0.350. The fourth-order valence-electron chi connectivity index (χ4n) is 3.54. The number of benzene rings is 2. The van der Waals surface area contributed by atoms with Gasteiger partial charge in [0.25, 0.3) is 11.6 Å². The molecule has 1 aliphatic rings. The number of nitrogens with zero attached hydrogens (tertiary/aromatic N) is 1. The molecule has 0 radical (unpaired) electrons. The van der Waals surface area contributed by atoms with Crippen molar-refractivity contribution in [2.45, 2.75) is 18.4 Å². The molecule has 2 aromatic carbocycles. The highest BCUT2D eigenvalue weighted by atomic mass is 16.6. The summed E-state index contributed by atoms with van der Waals surface area (Å²) in [7, 11) is 4.39. The highest BCUT2D eigenvalue weighted by molar-refractivity contribution is 5.99. The van der Waals surface area contributed by atoms with Crippen LogP contribution in [-0.4, -0.2) is 44.3 Å². The lowest BCUT2D eigenvalue weighted by Gasteiger charge is -2.27. The molecule has 2 aromatic rings. The molecule has 8 nitrogen and oxygen atoms in total. The Balaban J connectivity index is 1.82. The van der Waals surface area contributed by atoms with Gasteiger partial charge < -0.3 is 19.5 Å². The third-order valence-electron chi connectivity index (χ3n) is 5.09. The number of carbonyl (C=O) groups excluding carboxylic acids is 1. The number of nitro benzene ring substituents is 1. The van der Waals surface area contributed by atoms with Crippen LogP contribution in [0.3, 0.4) is 0 Å². The molecule has 0 atom stereocenters. The summed E-state index contributed by atoms with van der Waals surface area (Å²) in [6.07, 6.45) is 1.32. The Morgan fingerprint density at radius 3 is 2.18 bits per heavy atom. The predicted molar refractivity (Wildman–Crippen MR) is 102 cm³/mol. The topological polar surface area (TPSA) is 99.9 Å². The average molecular weight is 386 g/mol. The highest BCUT2D eigenvalue weighted by Gasteiger charge is 2.38. The minimum atomic E-state index is -0.617. The molecular formula is C20H22N2O6. The first-order chi connectivity index (χ1) is 13.4. The number of carbonyl (C=O) groups is 1. The van der Waals surface area contributed by atoms with Crippen molar-refractivity contribution in [1.29, 1.82) is 0 Å². The molecule has 0 bridgehead atoms. The largest absolute Gasteiger partial charge is 0.493 e. The van der Waals surface area contributed by atoms with Crippen LogP contribution in [0.25, 0.3) is 0 Å². The van der Waals surface area contributed by atoms with Gasteiger partial charge in [-0.2, -0.15) is 0 Å². The summed E-state index contributed by atoms with van der Waals surface area (Å²) >= 11 is 0. The van der Waals surface area contributed by atoms with Gasteiger partial charge in [-0.25, -0.2) is 0 Å². The summed E-state index contributed by atoms with van der Waals surface area (Å²) < 4.78 is 16.0. The molecule has 0 fully saturated rings. The lowest BCUT2D eigenvalue weighted by molar-refractivity contribution is -0.385. The van der Waals surface area contributed by atoms with E-state index in [4.69, 9.17) is 14.2 Å². The number of fused-ring (bicyclic) bond motifs is 1. The van der Waals surface area contributed by atoms with Crippen LogP contribution in [0.1, 0.15) is 21.5 Å². The van der Waals surface area contributed by atoms with Gasteiger partial charge in [-0.05, 0) is 11.1 Å². The van der Waals surface area contributed by atoms with E-state index in [1.807, 2.05) is 24.3 Å². The number of hydrogen-bond acceptors (Lipinski definition) is 6. The summed E-state index contributed by atoms with van der Waals surface area (Å²) in [5, 5.41) is 14.2. The van der Waals surface area contributed by atoms with Gasteiger partial charge in [-0.1, -0.05) is 24.3 Å². The number of nitrogens with one attached hydrogen (secondary N) is 1. The predicted octanol–water partition coefficient (Wildman–Crippen LogP) is 2.53. The van der Waals surface area contributed by atoms with Crippen LogP contribution in [0.4, 0.5) is 5.69 Å². The van der Waals surface area contributed by atoms with Gasteiger partial charge in [0.2, 0.25) is 0 Å². The van der Waals surface area contributed by atoms with E-state index in [2.05, 4.69) is 5.32 Å². The Morgan fingerprint density at radius 1 is 1.11 bits per heavy atom. The summed E-state index contributed by atoms with van der Waals surface area (Å²) in [6, 6.07) is 10.5. The molecule has 0 saturated carbocycles. The number of amides is 1. The minimum Gasteiger partial charge on any atom is -0.493 e. The van der Waals surface area contributed by atoms with Crippen LogP contribution in [0.15, 0.2) is 36.4 Å². The Bertz CT molecular complexity index is 887. The first kappa shape index (κ1) is 19.6. The van der Waals surface area contributed by atoms with E-state index >= 15 is 0 Å². The molecule has 0 unspecified atom stereocenters. The van der Waals surface area contributed by atoms with Gasteiger partial charge in [0.05, 0.1) is 30.8 Å². The summed E-state index contributed by atoms with van der Waals surface area (Å²) in [6.45, 7) is 0.225. The molecule has 1 amide bonds. The third kappa shape index (κ3) is 3.63. The molecule has 0 aliphatic heterocycles. The zero-order chi connectivity index (χ0) is 20.3. The normalized spacial score (nSPS) is 14.2. The lowest BCUT2D eigenvalue weighted by atomic mass is 9.99. The van der Waals surface area contributed by atoms with Crippen molar-refractivity contribution in [3.63, 3.8) is 0 Å². The van der Waals surface area contributed by atoms with Crippen molar-refractivity contribution < 1.29 is 23.9 Å². The quantitative estimate of drug-likeness (QED) is 0.580. The number of nitro groups is 1. The van der Waals surface area contributed by atoms with Crippen LogP contribution >= 0.6 is 0 Å². The van der Waals surface area contributed by atoms with Crippen LogP contribution in [0.5, 0.6) is 11.5 Å². The lowest BCUT2D eigenvalue weighted by Crippen LogP contribution is -2.45. The van der Waals surface area contributed by atoms with Gasteiger partial charge in [0.15, 0.2) is 11.5 Å². The Hall–Kier alpha value is -3.13. The van der Waals surface area contributed by atoms with Crippen molar-refractivity contribution >= 4 is 11.6 Å². The monoisotopic (exact) mass is 386 g/mol. The first-order valence-electron chi connectivity index (χ1n) is 8.73. The second-order valence-electron chi connectivity index (χ2n) is 6.67. The van der Waals surface area contributed by atoms with E-state index in [0.29, 0.717) is 12.8 Å². The summed E-state index contributed by atoms with van der Waals surface area (Å²) in [4.78, 5) is 23.6. The zero-order valence-corrected chi connectivity index (χ0v) is 16.0. The Morgan fingerprint density at radius 2 is 1.68 bits per heavy atom. The maximum Gasteiger partial charge on any atom is 0.286 e. The van der Waals surface area contributed by atoms with Gasteiger partial charge in [-0.15, -0.1) is 0 Å². The van der Waals surface area contributed by atoms with Crippen LogP contribution in [0, 0.1) is 10.1 Å². The smallest absolute Gasteiger partial charge is 0.286 e. The van der Waals surface area contributed by atoms with Crippen molar-refractivity contribution in [2.24, 2.45) is 0 Å². The van der Waals surface area contributed by atoms with E-state index < -0.39 is 16.4 Å². The molecule has 0 saturated heterocycles. The third-order valence-corrected chi connectivity index (χ3v) is 5.09. The molecular weight excluding hydrogens is 364 g/mol. The number of rotatable bonds is 7. The molecule has 3 rings (SSSR count). The fourth-order valence-corrected chi connectivity index (χ4v) is 3.54. The maximum absolute atomic E-state index is 12.8. The standard InChI is InChI=1S/C20H22N2O6/c1-26-17-8-15(16(22(24)25)9-18(17)27-2)19(23)21-12-20(28-3)10-13-6-4-5-7-14(13)11-20/h4-9H,10-12H2,1-3H3,(H,21,23). The van der Waals surface area contributed by atoms with Crippen molar-refractivity contribution in [3.05, 3.63) is 63.2 Å². The second kappa shape index (κ2) is 7.85. The van der Waals surface area contributed by atoms with Gasteiger partial charge in [-0.3, -0.25) is 14.9 Å². The molecule has 0 heterocycles. The first-order valence-corrected chi connectivity index (χ1v) is 8.73.